The Kier molecular flexibility index (Phi) is 4.67. The van der Waals surface area contributed by atoms with Crippen LogP contribution < -0.4 is 24.3 Å². The van der Waals surface area contributed by atoms with Crippen LogP contribution in [0.25, 0.3) is 6.08 Å². The van der Waals surface area contributed by atoms with Crippen molar-refractivity contribution in [2.45, 2.75) is 6.29 Å². The number of hydrogen-bond donors (Lipinski definition) is 1. The quantitative estimate of drug-likeness (QED) is 0.604. The van der Waals surface area contributed by atoms with Gasteiger partial charge in [0.2, 0.25) is 6.79 Å². The third-order valence-electron chi connectivity index (χ3n) is 3.84. The van der Waals surface area contributed by atoms with E-state index in [1.165, 1.54) is 24.3 Å². The second-order valence-corrected chi connectivity index (χ2v) is 5.93. The summed E-state index contributed by atoms with van der Waals surface area (Å²) in [6.07, 6.45) is -1.08. The third-order valence-corrected chi connectivity index (χ3v) is 3.84. The number of fused-ring (bicyclic) bond motifs is 2. The van der Waals surface area contributed by atoms with E-state index >= 15 is 0 Å². The molecule has 8 nitrogen and oxygen atoms in total. The fourth-order valence-corrected chi connectivity index (χ4v) is 2.59. The van der Waals surface area contributed by atoms with Crippen LogP contribution in [0.4, 0.5) is 14.5 Å². The van der Waals surface area contributed by atoms with Crippen LogP contribution in [0, 0.1) is 0 Å². The van der Waals surface area contributed by atoms with E-state index in [1.807, 2.05) is 0 Å². The lowest BCUT2D eigenvalue weighted by molar-refractivity contribution is -0.286. The van der Waals surface area contributed by atoms with Crippen LogP contribution >= 0.6 is 0 Å². The standard InChI is InChI=1S/C19H13F2NO7/c20-19(21)28-14-5-3-12(8-16(14)29-19)22-17(23)9-25-18(24)6-2-11-1-4-13-15(7-11)27-10-26-13/h1-8H,9-10H2,(H,22,23)/b6-2+. The van der Waals surface area contributed by atoms with Crippen molar-refractivity contribution in [1.82, 2.24) is 0 Å². The van der Waals surface area contributed by atoms with Crippen molar-refractivity contribution in [2.75, 3.05) is 18.7 Å². The summed E-state index contributed by atoms with van der Waals surface area (Å²) in [4.78, 5) is 23.7. The minimum Gasteiger partial charge on any atom is -0.454 e. The summed E-state index contributed by atoms with van der Waals surface area (Å²) in [5, 5.41) is 2.41. The number of hydrogen-bond acceptors (Lipinski definition) is 7. The van der Waals surface area contributed by atoms with E-state index in [4.69, 9.17) is 14.2 Å². The van der Waals surface area contributed by atoms with Crippen molar-refractivity contribution in [1.29, 1.82) is 0 Å². The molecule has 2 aromatic carbocycles. The summed E-state index contributed by atoms with van der Waals surface area (Å²) in [5.41, 5.74) is 0.870. The molecule has 4 rings (SSSR count). The monoisotopic (exact) mass is 405 g/mol. The molecule has 0 bridgehead atoms. The number of carbonyl (C=O) groups excluding carboxylic acids is 2. The summed E-state index contributed by atoms with van der Waals surface area (Å²) < 4.78 is 49.8. The number of anilines is 1. The van der Waals surface area contributed by atoms with Crippen molar-refractivity contribution < 1.29 is 42.1 Å². The van der Waals surface area contributed by atoms with Crippen LogP contribution in [-0.4, -0.2) is 31.6 Å². The molecule has 0 unspecified atom stereocenters. The normalized spacial score (nSPS) is 15.4. The largest absolute Gasteiger partial charge is 0.586 e. The number of ether oxygens (including phenoxy) is 5. The van der Waals surface area contributed by atoms with Gasteiger partial charge in [-0.1, -0.05) is 6.07 Å². The second-order valence-electron chi connectivity index (χ2n) is 5.93. The highest BCUT2D eigenvalue weighted by molar-refractivity contribution is 5.95. The van der Waals surface area contributed by atoms with Crippen molar-refractivity contribution in [3.8, 4) is 23.0 Å². The fourth-order valence-electron chi connectivity index (χ4n) is 2.59. The molecule has 0 saturated carbocycles. The molecule has 0 fully saturated rings. The van der Waals surface area contributed by atoms with Crippen LogP contribution in [0.1, 0.15) is 5.56 Å². The molecular formula is C19H13F2NO7. The lowest BCUT2D eigenvalue weighted by Gasteiger charge is -2.06. The molecule has 0 saturated heterocycles. The van der Waals surface area contributed by atoms with E-state index in [0.717, 1.165) is 6.08 Å². The average Bonchev–Trinajstić information content (AvgIpc) is 3.26. The van der Waals surface area contributed by atoms with Crippen LogP contribution in [0.15, 0.2) is 42.5 Å². The Morgan fingerprint density at radius 2 is 1.79 bits per heavy atom. The molecule has 1 N–H and O–H groups in total. The molecule has 29 heavy (non-hydrogen) atoms. The summed E-state index contributed by atoms with van der Waals surface area (Å²) in [5.74, 6) is -0.553. The number of halogens is 2. The highest BCUT2D eigenvalue weighted by Crippen LogP contribution is 2.42. The maximum atomic E-state index is 13.0. The minimum atomic E-state index is -3.75. The molecule has 0 atom stereocenters. The maximum absolute atomic E-state index is 13.0. The van der Waals surface area contributed by atoms with E-state index in [0.29, 0.717) is 17.1 Å². The number of rotatable bonds is 5. The molecule has 2 aromatic rings. The fraction of sp³-hybridized carbons (Fsp3) is 0.158. The lowest BCUT2D eigenvalue weighted by Crippen LogP contribution is -2.25. The minimum absolute atomic E-state index is 0.144. The Morgan fingerprint density at radius 1 is 1.03 bits per heavy atom. The van der Waals surface area contributed by atoms with Crippen molar-refractivity contribution in [3.05, 3.63) is 48.0 Å². The molecule has 0 aromatic heterocycles. The number of amides is 1. The summed E-state index contributed by atoms with van der Waals surface area (Å²) in [7, 11) is 0. The SMILES string of the molecule is O=C(COC(=O)/C=C/c1ccc2c(c1)OCO2)Nc1ccc2c(c1)OC(F)(F)O2. The summed E-state index contributed by atoms with van der Waals surface area (Å²) >= 11 is 0. The topological polar surface area (TPSA) is 92.3 Å². The molecule has 2 aliphatic rings. The predicted molar refractivity (Wildman–Crippen MR) is 93.8 cm³/mol. The number of carbonyl (C=O) groups is 2. The van der Waals surface area contributed by atoms with Gasteiger partial charge in [0.1, 0.15) is 0 Å². The van der Waals surface area contributed by atoms with Crippen molar-refractivity contribution >= 4 is 23.6 Å². The first kappa shape index (κ1) is 18.5. The van der Waals surface area contributed by atoms with Gasteiger partial charge in [0, 0.05) is 17.8 Å². The Morgan fingerprint density at radius 3 is 2.66 bits per heavy atom. The van der Waals surface area contributed by atoms with E-state index in [-0.39, 0.29) is 24.0 Å². The van der Waals surface area contributed by atoms with Gasteiger partial charge in [0.25, 0.3) is 5.91 Å². The van der Waals surface area contributed by atoms with E-state index in [2.05, 4.69) is 14.8 Å². The summed E-state index contributed by atoms with van der Waals surface area (Å²) in [6, 6.07) is 8.89. The smallest absolute Gasteiger partial charge is 0.454 e. The van der Waals surface area contributed by atoms with Crippen LogP contribution in [0.3, 0.4) is 0 Å². The van der Waals surface area contributed by atoms with Crippen molar-refractivity contribution in [3.63, 3.8) is 0 Å². The number of nitrogens with one attached hydrogen (secondary N) is 1. The highest BCUT2D eigenvalue weighted by atomic mass is 19.3. The zero-order valence-corrected chi connectivity index (χ0v) is 14.6. The molecule has 2 aliphatic heterocycles. The first-order chi connectivity index (χ1) is 13.9. The van der Waals surface area contributed by atoms with E-state index < -0.39 is 24.8 Å². The third kappa shape index (κ3) is 4.37. The van der Waals surface area contributed by atoms with Gasteiger partial charge in [-0.15, -0.1) is 8.78 Å². The zero-order valence-electron chi connectivity index (χ0n) is 14.6. The van der Waals surface area contributed by atoms with Gasteiger partial charge in [0.15, 0.2) is 29.6 Å². The molecule has 10 heteroatoms. The zero-order chi connectivity index (χ0) is 20.4. The number of esters is 1. The Hall–Kier alpha value is -3.82. The van der Waals surface area contributed by atoms with Crippen molar-refractivity contribution in [2.24, 2.45) is 0 Å². The Balaban J connectivity index is 1.27. The molecular weight excluding hydrogens is 392 g/mol. The van der Waals surface area contributed by atoms with Gasteiger partial charge in [-0.05, 0) is 35.9 Å². The van der Waals surface area contributed by atoms with Gasteiger partial charge in [-0.3, -0.25) is 4.79 Å². The predicted octanol–water partition coefficient (Wildman–Crippen LogP) is 2.93. The maximum Gasteiger partial charge on any atom is 0.586 e. The van der Waals surface area contributed by atoms with Gasteiger partial charge < -0.3 is 29.0 Å². The number of alkyl halides is 2. The van der Waals surface area contributed by atoms with Crippen LogP contribution in [0.5, 0.6) is 23.0 Å². The van der Waals surface area contributed by atoms with Gasteiger partial charge in [-0.2, -0.15) is 0 Å². The average molecular weight is 405 g/mol. The lowest BCUT2D eigenvalue weighted by atomic mass is 10.2. The molecule has 0 spiro atoms. The van der Waals surface area contributed by atoms with E-state index in [9.17, 15) is 18.4 Å². The Bertz CT molecular complexity index is 1010. The molecule has 150 valence electrons. The molecule has 2 heterocycles. The molecule has 1 amide bonds. The summed E-state index contributed by atoms with van der Waals surface area (Å²) in [6.45, 7) is -0.416. The molecule has 0 radical (unpaired) electrons. The van der Waals surface area contributed by atoms with Gasteiger partial charge in [-0.25, -0.2) is 4.79 Å². The highest BCUT2D eigenvalue weighted by Gasteiger charge is 2.43. The van der Waals surface area contributed by atoms with Crippen LogP contribution in [-0.2, 0) is 14.3 Å². The first-order valence-electron chi connectivity index (χ1n) is 8.32. The van der Waals surface area contributed by atoms with E-state index in [1.54, 1.807) is 18.2 Å². The number of benzene rings is 2. The van der Waals surface area contributed by atoms with Gasteiger partial charge >= 0.3 is 12.3 Å². The second kappa shape index (κ2) is 7.30. The van der Waals surface area contributed by atoms with Crippen LogP contribution in [0.2, 0.25) is 0 Å². The first-order valence-corrected chi connectivity index (χ1v) is 8.32. The molecule has 0 aliphatic carbocycles. The van der Waals surface area contributed by atoms with Gasteiger partial charge in [0.05, 0.1) is 0 Å². The Labute approximate surface area is 162 Å².